The number of amides is 1. The number of nitrogens with one attached hydrogen (secondary N) is 1. The van der Waals surface area contributed by atoms with Crippen LogP contribution in [-0.2, 0) is 15.7 Å². The third kappa shape index (κ3) is 6.24. The fraction of sp³-hybridized carbons (Fsp3) is 0.406. The van der Waals surface area contributed by atoms with Crippen molar-refractivity contribution in [1.29, 1.82) is 0 Å². The van der Waals surface area contributed by atoms with Gasteiger partial charge in [0.05, 0.1) is 17.6 Å². The molecule has 47 heavy (non-hydrogen) atoms. The van der Waals surface area contributed by atoms with Crippen molar-refractivity contribution >= 4 is 29.0 Å². The van der Waals surface area contributed by atoms with E-state index in [1.54, 1.807) is 17.5 Å². The second-order valence-electron chi connectivity index (χ2n) is 12.4. The molecule has 4 heterocycles. The number of carboxylic acid groups (broad SMARTS) is 1. The Morgan fingerprint density at radius 1 is 1.13 bits per heavy atom. The maximum atomic E-state index is 15.7. The highest BCUT2D eigenvalue weighted by molar-refractivity contribution is 6.04. The van der Waals surface area contributed by atoms with E-state index in [9.17, 15) is 27.9 Å². The summed E-state index contributed by atoms with van der Waals surface area (Å²) in [5.41, 5.74) is 4.95. The van der Waals surface area contributed by atoms with Crippen molar-refractivity contribution in [1.82, 2.24) is 24.3 Å². The van der Waals surface area contributed by atoms with Crippen LogP contribution in [0.4, 0.5) is 29.2 Å². The van der Waals surface area contributed by atoms with Crippen molar-refractivity contribution in [2.45, 2.75) is 63.9 Å². The minimum absolute atomic E-state index is 0.0310. The minimum Gasteiger partial charge on any atom is -0.481 e. The molecular formula is C32H33F4N7O4. The molecule has 11 nitrogen and oxygen atoms in total. The summed E-state index contributed by atoms with van der Waals surface area (Å²) in [4.78, 5) is 39.6. The number of aromatic nitrogens is 4. The number of fused-ring (bicyclic) bond motifs is 1. The number of aliphatic carboxylic acids is 1. The number of pyridine rings is 1. The Hall–Kier alpha value is -4.63. The lowest BCUT2D eigenvalue weighted by molar-refractivity contribution is -0.151. The first-order valence-electron chi connectivity index (χ1n) is 15.1. The number of alkyl halides is 3. The molecule has 4 aromatic rings. The van der Waals surface area contributed by atoms with Gasteiger partial charge in [0.1, 0.15) is 40.6 Å². The molecule has 1 aliphatic carbocycles. The van der Waals surface area contributed by atoms with Gasteiger partial charge in [0.15, 0.2) is 0 Å². The van der Waals surface area contributed by atoms with Crippen LogP contribution >= 0.6 is 0 Å². The van der Waals surface area contributed by atoms with Crippen molar-refractivity contribution in [2.24, 2.45) is 5.41 Å². The first kappa shape index (κ1) is 32.3. The number of morpholine rings is 1. The summed E-state index contributed by atoms with van der Waals surface area (Å²) in [7, 11) is 0. The number of carbonyl (C=O) groups is 2. The van der Waals surface area contributed by atoms with Crippen LogP contribution in [-0.4, -0.2) is 66.5 Å². The Labute approximate surface area is 266 Å². The molecule has 0 spiro atoms. The van der Waals surface area contributed by atoms with Crippen molar-refractivity contribution in [2.75, 3.05) is 24.2 Å². The maximum absolute atomic E-state index is 15.7. The number of anilines is 2. The van der Waals surface area contributed by atoms with Gasteiger partial charge < -0.3 is 20.9 Å². The predicted octanol–water partition coefficient (Wildman–Crippen LogP) is 5.58. The molecule has 2 atom stereocenters. The predicted molar refractivity (Wildman–Crippen MR) is 163 cm³/mol. The van der Waals surface area contributed by atoms with Gasteiger partial charge in [-0.25, -0.2) is 19.3 Å². The van der Waals surface area contributed by atoms with Crippen LogP contribution < -0.4 is 11.1 Å². The number of benzene rings is 1. The number of nitrogen functional groups attached to an aromatic ring is 1. The monoisotopic (exact) mass is 655 g/mol. The van der Waals surface area contributed by atoms with Gasteiger partial charge in [0, 0.05) is 48.3 Å². The first-order valence-corrected chi connectivity index (χ1v) is 15.1. The molecule has 2 fully saturated rings. The average molecular weight is 656 g/mol. The van der Waals surface area contributed by atoms with E-state index >= 15 is 4.39 Å². The van der Waals surface area contributed by atoms with Crippen LogP contribution in [0.25, 0.3) is 16.8 Å². The van der Waals surface area contributed by atoms with E-state index in [1.807, 2.05) is 0 Å². The summed E-state index contributed by atoms with van der Waals surface area (Å²) in [6, 6.07) is 5.36. The van der Waals surface area contributed by atoms with E-state index in [0.717, 1.165) is 31.2 Å². The van der Waals surface area contributed by atoms with Crippen molar-refractivity contribution in [3.63, 3.8) is 0 Å². The fourth-order valence-corrected chi connectivity index (χ4v) is 6.44. The van der Waals surface area contributed by atoms with Gasteiger partial charge in [-0.05, 0) is 69.9 Å². The van der Waals surface area contributed by atoms with Gasteiger partial charge in [-0.2, -0.15) is 13.2 Å². The summed E-state index contributed by atoms with van der Waals surface area (Å²) in [6.07, 6.45) is 1.55. The Balaban J connectivity index is 1.27. The molecule has 1 aromatic carbocycles. The lowest BCUT2D eigenvalue weighted by Crippen LogP contribution is -2.52. The molecule has 1 aliphatic heterocycles. The number of hydrogen-bond donors (Lipinski definition) is 3. The second-order valence-corrected chi connectivity index (χ2v) is 12.4. The van der Waals surface area contributed by atoms with Crippen LogP contribution in [0.1, 0.15) is 67.4 Å². The normalized spacial score (nSPS) is 23.9. The van der Waals surface area contributed by atoms with Crippen LogP contribution in [0.3, 0.4) is 0 Å². The Morgan fingerprint density at radius 2 is 1.87 bits per heavy atom. The summed E-state index contributed by atoms with van der Waals surface area (Å²) < 4.78 is 62.9. The first-order chi connectivity index (χ1) is 22.2. The van der Waals surface area contributed by atoms with Gasteiger partial charge in [0.2, 0.25) is 0 Å². The topological polar surface area (TPSA) is 148 Å². The molecule has 0 radical (unpaired) electrons. The smallest absolute Gasteiger partial charge is 0.416 e. The van der Waals surface area contributed by atoms with Crippen molar-refractivity contribution in [3.05, 3.63) is 71.7 Å². The van der Waals surface area contributed by atoms with E-state index in [4.69, 9.17) is 15.5 Å². The number of carboxylic acids is 1. The van der Waals surface area contributed by atoms with E-state index in [0.29, 0.717) is 43.4 Å². The third-order valence-electron chi connectivity index (χ3n) is 9.24. The lowest BCUT2D eigenvalue weighted by atomic mass is 9.73. The zero-order valence-corrected chi connectivity index (χ0v) is 25.6. The SMILES string of the molecule is C[C@H]1CO[C@@H](c2nc(-c3ccc(C(=O)Nc4cc(C(F)(F)F)ccn4)cc3F)c3c(N)nccn23)CN1C1CCC(C)(C(=O)O)CC1. The zero-order chi connectivity index (χ0) is 33.7. The number of nitrogens with zero attached hydrogens (tertiary/aromatic N) is 5. The highest BCUT2D eigenvalue weighted by Gasteiger charge is 2.42. The summed E-state index contributed by atoms with van der Waals surface area (Å²) >= 11 is 0. The molecule has 1 amide bonds. The molecule has 0 unspecified atom stereocenters. The molecule has 0 bridgehead atoms. The van der Waals surface area contributed by atoms with Crippen LogP contribution in [0.2, 0.25) is 0 Å². The van der Waals surface area contributed by atoms with Gasteiger partial charge in [-0.15, -0.1) is 0 Å². The number of nitrogens with two attached hydrogens (primary N) is 1. The van der Waals surface area contributed by atoms with Crippen molar-refractivity contribution < 1.29 is 37.0 Å². The quantitative estimate of drug-likeness (QED) is 0.227. The fourth-order valence-electron chi connectivity index (χ4n) is 6.44. The number of rotatable bonds is 6. The second kappa shape index (κ2) is 12.2. The molecule has 1 saturated heterocycles. The van der Waals surface area contributed by atoms with E-state index < -0.39 is 41.0 Å². The van der Waals surface area contributed by atoms with Crippen LogP contribution in [0.15, 0.2) is 48.9 Å². The molecule has 1 saturated carbocycles. The standard InChI is InChI=1S/C32H33F4N7O4/c1-17-16-47-23(15-43(17)20-5-8-31(2,9-6-20)30(45)46)28-41-25(26-27(37)39-11-12-42(26)28)21-4-3-18(13-22(21)33)29(44)40-24-14-19(7-10-38-24)32(34,35)36/h3-4,7,10-14,17,20,23H,5-6,8-9,15-16H2,1-2H3,(H2,37,39)(H,45,46)(H,38,40,44)/t17-,20?,23+,31?/m0/s1. The molecule has 6 rings (SSSR count). The highest BCUT2D eigenvalue weighted by Crippen LogP contribution is 2.41. The number of carbonyl (C=O) groups excluding carboxylic acids is 1. The average Bonchev–Trinajstić information content (AvgIpc) is 3.42. The molecule has 2 aliphatic rings. The number of ether oxygens (including phenoxy) is 1. The van der Waals surface area contributed by atoms with Gasteiger partial charge >= 0.3 is 12.1 Å². The van der Waals surface area contributed by atoms with Gasteiger partial charge in [0.25, 0.3) is 5.91 Å². The van der Waals surface area contributed by atoms with E-state index in [1.165, 1.54) is 18.3 Å². The molecular weight excluding hydrogens is 622 g/mol. The van der Waals surface area contributed by atoms with Gasteiger partial charge in [-0.1, -0.05) is 0 Å². The molecule has 4 N–H and O–H groups in total. The van der Waals surface area contributed by atoms with E-state index in [-0.39, 0.29) is 40.5 Å². The number of halogens is 4. The van der Waals surface area contributed by atoms with E-state index in [2.05, 4.69) is 27.1 Å². The van der Waals surface area contributed by atoms with Gasteiger partial charge in [-0.3, -0.25) is 18.9 Å². The maximum Gasteiger partial charge on any atom is 0.416 e. The lowest BCUT2D eigenvalue weighted by Gasteiger charge is -2.46. The van der Waals surface area contributed by atoms with Crippen molar-refractivity contribution in [3.8, 4) is 11.3 Å². The Morgan fingerprint density at radius 3 is 2.55 bits per heavy atom. The minimum atomic E-state index is -4.63. The summed E-state index contributed by atoms with van der Waals surface area (Å²) in [5.74, 6) is -2.20. The van der Waals surface area contributed by atoms with Crippen LogP contribution in [0, 0.1) is 11.2 Å². The summed E-state index contributed by atoms with van der Waals surface area (Å²) in [5, 5.41) is 11.9. The summed E-state index contributed by atoms with van der Waals surface area (Å²) in [6.45, 7) is 4.73. The Bertz CT molecular complexity index is 1840. The Kier molecular flexibility index (Phi) is 8.38. The number of imidazole rings is 1. The highest BCUT2D eigenvalue weighted by atomic mass is 19.4. The third-order valence-corrected chi connectivity index (χ3v) is 9.24. The zero-order valence-electron chi connectivity index (χ0n) is 25.6. The van der Waals surface area contributed by atoms with Crippen LogP contribution in [0.5, 0.6) is 0 Å². The largest absolute Gasteiger partial charge is 0.481 e. The molecule has 248 valence electrons. The molecule has 3 aromatic heterocycles. The number of hydrogen-bond acceptors (Lipinski definition) is 8. The molecule has 15 heteroatoms.